The standard InChI is InChI=1S/C19H12N.C11H22O2.Ir/c1-2-7-15(8-3-1)19-18-11-10-14-6-4-5-9-16(14)17(18)12-13-20-19;1-10(2,3)8(12)7-9(13)11(4,5)6;/h1-7,9-13H;7-8,12-13H,1-6H3;/q-1;;/p+1/b;9-7-;. The summed E-state index contributed by atoms with van der Waals surface area (Å²) in [5.41, 5.74) is 1.67. The first-order chi connectivity index (χ1) is 15.5. The van der Waals surface area contributed by atoms with Gasteiger partial charge in [0.2, 0.25) is 0 Å². The summed E-state index contributed by atoms with van der Waals surface area (Å²) >= 11 is 0. The summed E-state index contributed by atoms with van der Waals surface area (Å²) in [6.45, 7) is 11.8. The Hall–Kier alpha value is -2.52. The van der Waals surface area contributed by atoms with Gasteiger partial charge in [-0.15, -0.1) is 35.9 Å². The molecule has 0 amide bonds. The molecule has 1 aromatic heterocycles. The van der Waals surface area contributed by atoms with Crippen molar-refractivity contribution in [1.82, 2.24) is 4.98 Å². The summed E-state index contributed by atoms with van der Waals surface area (Å²) in [4.78, 5) is 4.55. The fourth-order valence-electron chi connectivity index (χ4n) is 3.35. The van der Waals surface area contributed by atoms with Crippen LogP contribution in [0.5, 0.6) is 0 Å². The molecule has 4 heteroatoms. The average molecular weight is 634 g/mol. The van der Waals surface area contributed by atoms with Crippen LogP contribution in [0.15, 0.2) is 84.8 Å². The monoisotopic (exact) mass is 634 g/mol. The fraction of sp³-hybridized carbons (Fsp3) is 0.300. The van der Waals surface area contributed by atoms with Gasteiger partial charge in [-0.3, -0.25) is 0 Å². The van der Waals surface area contributed by atoms with Crippen molar-refractivity contribution in [2.75, 3.05) is 0 Å². The number of fused-ring (bicyclic) bond motifs is 3. The molecular weight excluding hydrogens is 599 g/mol. The number of allylic oxidation sites excluding steroid dienone is 1. The number of pyridine rings is 1. The van der Waals surface area contributed by atoms with E-state index in [1.54, 1.807) is 6.08 Å². The number of rotatable bonds is 2. The van der Waals surface area contributed by atoms with Gasteiger partial charge in [0.05, 0.1) is 0 Å². The molecule has 0 aliphatic rings. The maximum Gasteiger partial charge on any atom is 0.181 e. The van der Waals surface area contributed by atoms with Crippen molar-refractivity contribution < 1.29 is 30.3 Å². The van der Waals surface area contributed by atoms with Crippen LogP contribution in [0.4, 0.5) is 0 Å². The van der Waals surface area contributed by atoms with Gasteiger partial charge in [0.1, 0.15) is 5.76 Å². The molecule has 0 saturated heterocycles. The van der Waals surface area contributed by atoms with E-state index in [0.717, 1.165) is 11.3 Å². The van der Waals surface area contributed by atoms with Crippen LogP contribution in [-0.4, -0.2) is 21.3 Å². The van der Waals surface area contributed by atoms with Crippen LogP contribution in [0, 0.1) is 16.9 Å². The van der Waals surface area contributed by atoms with Crippen molar-refractivity contribution in [2.24, 2.45) is 10.8 Å². The van der Waals surface area contributed by atoms with Crippen molar-refractivity contribution in [3.8, 4) is 11.3 Å². The molecule has 34 heavy (non-hydrogen) atoms. The Morgan fingerprint density at radius 2 is 1.56 bits per heavy atom. The Morgan fingerprint density at radius 1 is 0.882 bits per heavy atom. The Labute approximate surface area is 216 Å². The summed E-state index contributed by atoms with van der Waals surface area (Å²) in [7, 11) is 0. The van der Waals surface area contributed by atoms with E-state index >= 15 is 0 Å². The molecule has 4 aromatic rings. The minimum atomic E-state index is -0.355. The number of hydrogen-bond donors (Lipinski definition) is 1. The van der Waals surface area contributed by atoms with Crippen molar-refractivity contribution >= 4 is 21.5 Å². The molecule has 1 heterocycles. The SMILES string of the molecule is CC(C)(C)/C(O)=C/C([OH2+])C(C)(C)C.[Ir].[c-]1ccccc1-c1nccc2c1ccc1ccccc12. The topological polar surface area (TPSA) is 56.0 Å². The Morgan fingerprint density at radius 3 is 2.18 bits per heavy atom. The molecule has 1 radical (unpaired) electrons. The Kier molecular flexibility index (Phi) is 9.19. The van der Waals surface area contributed by atoms with Gasteiger partial charge >= 0.3 is 0 Å². The van der Waals surface area contributed by atoms with Gasteiger partial charge in [-0.2, -0.15) is 0 Å². The molecule has 1 atom stereocenters. The van der Waals surface area contributed by atoms with Gasteiger partial charge in [-0.25, -0.2) is 0 Å². The van der Waals surface area contributed by atoms with Crippen molar-refractivity contribution in [3.05, 3.63) is 90.8 Å². The number of aromatic nitrogens is 1. The molecule has 0 bridgehead atoms. The van der Waals surface area contributed by atoms with Gasteiger partial charge in [0.15, 0.2) is 6.10 Å². The molecule has 0 saturated carbocycles. The number of hydrogen-bond acceptors (Lipinski definition) is 2. The molecule has 3 aromatic carbocycles. The second-order valence-electron chi connectivity index (χ2n) is 10.5. The fourth-order valence-corrected chi connectivity index (χ4v) is 3.35. The molecule has 0 spiro atoms. The summed E-state index contributed by atoms with van der Waals surface area (Å²) in [5, 5.41) is 22.4. The molecule has 3 N–H and O–H groups in total. The molecule has 1 unspecified atom stereocenters. The van der Waals surface area contributed by atoms with E-state index in [1.807, 2.05) is 65.9 Å². The number of aliphatic hydroxyl groups excluding tert-OH is 1. The van der Waals surface area contributed by atoms with Crippen LogP contribution >= 0.6 is 0 Å². The molecule has 0 aliphatic carbocycles. The third-order valence-electron chi connectivity index (χ3n) is 5.66. The summed E-state index contributed by atoms with van der Waals surface area (Å²) < 4.78 is 0. The predicted molar refractivity (Wildman–Crippen MR) is 141 cm³/mol. The maximum atomic E-state index is 9.66. The van der Waals surface area contributed by atoms with Gasteiger partial charge in [0, 0.05) is 43.2 Å². The summed E-state index contributed by atoms with van der Waals surface area (Å²) in [5.74, 6) is 0.308. The molecular formula is C30H35IrNO2. The zero-order chi connectivity index (χ0) is 24.2. The Balaban J connectivity index is 0.000000258. The third kappa shape index (κ3) is 6.76. The third-order valence-corrected chi connectivity index (χ3v) is 5.66. The molecule has 4 rings (SSSR count). The van der Waals surface area contributed by atoms with Crippen LogP contribution in [0.3, 0.4) is 0 Å². The van der Waals surface area contributed by atoms with E-state index < -0.39 is 0 Å². The second-order valence-corrected chi connectivity index (χ2v) is 10.5. The van der Waals surface area contributed by atoms with Crippen molar-refractivity contribution in [3.63, 3.8) is 0 Å². The van der Waals surface area contributed by atoms with Crippen molar-refractivity contribution in [1.29, 1.82) is 0 Å². The number of nitrogens with zero attached hydrogens (tertiary/aromatic N) is 1. The van der Waals surface area contributed by atoms with E-state index in [1.165, 1.54) is 21.5 Å². The van der Waals surface area contributed by atoms with Crippen molar-refractivity contribution in [2.45, 2.75) is 47.6 Å². The Bertz CT molecular complexity index is 1250. The van der Waals surface area contributed by atoms with E-state index in [9.17, 15) is 5.11 Å². The van der Waals surface area contributed by atoms with Gasteiger partial charge in [-0.1, -0.05) is 77.9 Å². The van der Waals surface area contributed by atoms with Crippen LogP contribution < -0.4 is 0 Å². The smallest absolute Gasteiger partial charge is 0.181 e. The second kappa shape index (κ2) is 11.3. The van der Waals surface area contributed by atoms with E-state index in [0.29, 0.717) is 5.76 Å². The van der Waals surface area contributed by atoms with Crippen LogP contribution in [0.1, 0.15) is 41.5 Å². The quantitative estimate of drug-likeness (QED) is 0.108. The zero-order valence-electron chi connectivity index (χ0n) is 20.8. The molecule has 3 nitrogen and oxygen atoms in total. The predicted octanol–water partition coefficient (Wildman–Crippen LogP) is 7.47. The summed E-state index contributed by atoms with van der Waals surface area (Å²) in [6, 6.07) is 26.1. The minimum Gasteiger partial charge on any atom is -0.512 e. The molecule has 181 valence electrons. The zero-order valence-corrected chi connectivity index (χ0v) is 23.2. The van der Waals surface area contributed by atoms with E-state index in [4.69, 9.17) is 5.11 Å². The normalized spacial score (nSPS) is 13.1. The summed E-state index contributed by atoms with van der Waals surface area (Å²) in [6.07, 6.45) is 3.16. The van der Waals surface area contributed by atoms with Crippen LogP contribution in [0.2, 0.25) is 0 Å². The average Bonchev–Trinajstić information content (AvgIpc) is 2.78. The number of benzene rings is 3. The van der Waals surface area contributed by atoms with E-state index in [-0.39, 0.29) is 37.0 Å². The van der Waals surface area contributed by atoms with E-state index in [2.05, 4.69) is 59.6 Å². The number of aliphatic hydroxyl groups is 1. The van der Waals surface area contributed by atoms with Gasteiger partial charge in [0.25, 0.3) is 0 Å². The first-order valence-corrected chi connectivity index (χ1v) is 11.3. The molecule has 0 aliphatic heterocycles. The first-order valence-electron chi connectivity index (χ1n) is 11.3. The minimum absolute atomic E-state index is 0. The maximum absolute atomic E-state index is 9.66. The van der Waals surface area contributed by atoms with Gasteiger partial charge < -0.3 is 15.2 Å². The molecule has 0 fully saturated rings. The largest absolute Gasteiger partial charge is 0.512 e. The van der Waals surface area contributed by atoms with Crippen LogP contribution in [0.25, 0.3) is 32.8 Å². The first kappa shape index (κ1) is 27.7. The van der Waals surface area contributed by atoms with Gasteiger partial charge in [-0.05, 0) is 33.3 Å². The van der Waals surface area contributed by atoms with Crippen LogP contribution in [-0.2, 0) is 20.1 Å².